The van der Waals surface area contributed by atoms with E-state index < -0.39 is 0 Å². The molecule has 0 bridgehead atoms. The molecule has 0 spiro atoms. The van der Waals surface area contributed by atoms with Crippen LogP contribution < -0.4 is 0 Å². The van der Waals surface area contributed by atoms with Gasteiger partial charge in [-0.15, -0.1) is 0 Å². The van der Waals surface area contributed by atoms with Crippen molar-refractivity contribution in [1.29, 1.82) is 0 Å². The van der Waals surface area contributed by atoms with Gasteiger partial charge in [0.1, 0.15) is 0 Å². The fourth-order valence-electron chi connectivity index (χ4n) is 1.42. The van der Waals surface area contributed by atoms with Gasteiger partial charge in [-0.3, -0.25) is 0 Å². The van der Waals surface area contributed by atoms with Gasteiger partial charge in [0.25, 0.3) is 0 Å². The number of hydrogen-bond donors (Lipinski definition) is 0. The van der Waals surface area contributed by atoms with E-state index in [4.69, 9.17) is 0 Å². The van der Waals surface area contributed by atoms with Gasteiger partial charge in [-0.1, -0.05) is 31.2 Å². The monoisotopic (exact) mass is 174 g/mol. The van der Waals surface area contributed by atoms with Crippen molar-refractivity contribution in [2.45, 2.75) is 34.1 Å². The van der Waals surface area contributed by atoms with Crippen molar-refractivity contribution in [3.8, 4) is 0 Å². The number of rotatable bonds is 2. The third-order valence-electron chi connectivity index (χ3n) is 2.50. The lowest BCUT2D eigenvalue weighted by Crippen LogP contribution is -1.87. The summed E-state index contributed by atoms with van der Waals surface area (Å²) in [4.78, 5) is 0. The normalized spacial score (nSPS) is 11.1. The van der Waals surface area contributed by atoms with E-state index in [2.05, 4.69) is 52.0 Å². The first-order valence-electron chi connectivity index (χ1n) is 4.89. The summed E-state index contributed by atoms with van der Waals surface area (Å²) in [6.07, 6.45) is 5.49. The molecule has 0 saturated carbocycles. The minimum Gasteiger partial charge on any atom is -0.0842 e. The van der Waals surface area contributed by atoms with Gasteiger partial charge in [0.05, 0.1) is 0 Å². The molecule has 0 N–H and O–H groups in total. The molecule has 70 valence electrons. The molecule has 0 amide bonds. The maximum Gasteiger partial charge on any atom is -0.0254 e. The van der Waals surface area contributed by atoms with Crippen LogP contribution in [0.3, 0.4) is 0 Å². The van der Waals surface area contributed by atoms with Crippen LogP contribution in [0.1, 0.15) is 35.6 Å². The van der Waals surface area contributed by atoms with Gasteiger partial charge in [0.15, 0.2) is 0 Å². The molecule has 0 aliphatic heterocycles. The summed E-state index contributed by atoms with van der Waals surface area (Å²) < 4.78 is 0. The molecule has 1 rings (SSSR count). The molecule has 0 aromatic heterocycles. The van der Waals surface area contributed by atoms with Crippen molar-refractivity contribution in [2.75, 3.05) is 0 Å². The van der Waals surface area contributed by atoms with Crippen LogP contribution in [0.25, 0.3) is 6.08 Å². The lowest BCUT2D eigenvalue weighted by atomic mass is 10.0. The van der Waals surface area contributed by atoms with Gasteiger partial charge in [-0.2, -0.15) is 0 Å². The van der Waals surface area contributed by atoms with Gasteiger partial charge in [-0.05, 0) is 49.4 Å². The van der Waals surface area contributed by atoms with Crippen molar-refractivity contribution in [3.63, 3.8) is 0 Å². The molecular formula is C13H18. The smallest absolute Gasteiger partial charge is 0.0254 e. The molecule has 0 unspecified atom stereocenters. The summed E-state index contributed by atoms with van der Waals surface area (Å²) in [6.45, 7) is 8.68. The first-order valence-corrected chi connectivity index (χ1v) is 4.89. The average molecular weight is 174 g/mol. The standard InChI is InChI=1S/C13H18/c1-5-6-7-13-8-10(2)12(4)11(3)9-13/h6-9H,5H2,1-4H3. The van der Waals surface area contributed by atoms with Crippen LogP contribution >= 0.6 is 0 Å². The third-order valence-corrected chi connectivity index (χ3v) is 2.50. The summed E-state index contributed by atoms with van der Waals surface area (Å²) >= 11 is 0. The van der Waals surface area contributed by atoms with Crippen molar-refractivity contribution in [1.82, 2.24) is 0 Å². The fourth-order valence-corrected chi connectivity index (χ4v) is 1.42. The Balaban J connectivity index is 3.06. The fraction of sp³-hybridized carbons (Fsp3) is 0.385. The Morgan fingerprint density at radius 2 is 1.62 bits per heavy atom. The van der Waals surface area contributed by atoms with Gasteiger partial charge in [-0.25, -0.2) is 0 Å². The molecule has 0 aliphatic rings. The Morgan fingerprint density at radius 1 is 1.08 bits per heavy atom. The highest BCUT2D eigenvalue weighted by atomic mass is 14.0. The number of allylic oxidation sites excluding steroid dienone is 1. The largest absolute Gasteiger partial charge is 0.0842 e. The van der Waals surface area contributed by atoms with E-state index >= 15 is 0 Å². The molecule has 0 saturated heterocycles. The molecule has 1 aromatic rings. The predicted molar refractivity (Wildman–Crippen MR) is 60.0 cm³/mol. The second kappa shape index (κ2) is 4.27. The molecule has 0 heterocycles. The van der Waals surface area contributed by atoms with E-state index in [0.717, 1.165) is 6.42 Å². The van der Waals surface area contributed by atoms with Crippen LogP contribution in [-0.2, 0) is 0 Å². The van der Waals surface area contributed by atoms with Crippen LogP contribution in [-0.4, -0.2) is 0 Å². The van der Waals surface area contributed by atoms with Crippen molar-refractivity contribution < 1.29 is 0 Å². The molecule has 1 aromatic carbocycles. The Bertz CT molecular complexity index is 296. The van der Waals surface area contributed by atoms with Crippen LogP contribution in [0.5, 0.6) is 0 Å². The highest BCUT2D eigenvalue weighted by Crippen LogP contribution is 2.16. The quantitative estimate of drug-likeness (QED) is 0.635. The average Bonchev–Trinajstić information content (AvgIpc) is 2.10. The van der Waals surface area contributed by atoms with Gasteiger partial charge >= 0.3 is 0 Å². The summed E-state index contributed by atoms with van der Waals surface area (Å²) in [5.74, 6) is 0. The minimum absolute atomic E-state index is 1.10. The van der Waals surface area contributed by atoms with Crippen molar-refractivity contribution >= 4 is 6.08 Å². The van der Waals surface area contributed by atoms with E-state index in [-0.39, 0.29) is 0 Å². The summed E-state index contributed by atoms with van der Waals surface area (Å²) in [5.41, 5.74) is 5.50. The zero-order valence-corrected chi connectivity index (χ0v) is 9.02. The topological polar surface area (TPSA) is 0 Å². The second-order valence-electron chi connectivity index (χ2n) is 3.59. The molecule has 13 heavy (non-hydrogen) atoms. The Hall–Kier alpha value is -1.04. The highest BCUT2D eigenvalue weighted by Gasteiger charge is 1.97. The molecule has 0 radical (unpaired) electrons. The van der Waals surface area contributed by atoms with E-state index in [1.807, 2.05) is 0 Å². The number of aryl methyl sites for hydroxylation is 2. The second-order valence-corrected chi connectivity index (χ2v) is 3.59. The first-order chi connectivity index (χ1) is 6.15. The van der Waals surface area contributed by atoms with E-state index in [0.29, 0.717) is 0 Å². The summed E-state index contributed by atoms with van der Waals surface area (Å²) in [7, 11) is 0. The lowest BCUT2D eigenvalue weighted by Gasteiger charge is -2.05. The zero-order valence-electron chi connectivity index (χ0n) is 9.02. The molecule has 0 aliphatic carbocycles. The summed E-state index contributed by atoms with van der Waals surface area (Å²) in [5, 5.41) is 0. The van der Waals surface area contributed by atoms with Gasteiger partial charge in [0, 0.05) is 0 Å². The third kappa shape index (κ3) is 2.45. The minimum atomic E-state index is 1.10. The molecule has 0 atom stereocenters. The Morgan fingerprint density at radius 3 is 2.08 bits per heavy atom. The van der Waals surface area contributed by atoms with Crippen LogP contribution in [0, 0.1) is 20.8 Å². The predicted octanol–water partition coefficient (Wildman–Crippen LogP) is 4.04. The van der Waals surface area contributed by atoms with Crippen LogP contribution in [0.2, 0.25) is 0 Å². The molecule has 0 heteroatoms. The van der Waals surface area contributed by atoms with Crippen molar-refractivity contribution in [3.05, 3.63) is 40.5 Å². The maximum atomic E-state index is 2.24. The van der Waals surface area contributed by atoms with E-state index in [1.165, 1.54) is 22.3 Å². The van der Waals surface area contributed by atoms with E-state index in [1.54, 1.807) is 0 Å². The number of benzene rings is 1. The number of hydrogen-bond acceptors (Lipinski definition) is 0. The molecule has 0 fully saturated rings. The Labute approximate surface area is 81.3 Å². The SMILES string of the molecule is CCC=Cc1cc(C)c(C)c(C)c1. The highest BCUT2D eigenvalue weighted by molar-refractivity contribution is 5.53. The van der Waals surface area contributed by atoms with Crippen LogP contribution in [0.15, 0.2) is 18.2 Å². The van der Waals surface area contributed by atoms with Crippen molar-refractivity contribution in [2.24, 2.45) is 0 Å². The van der Waals surface area contributed by atoms with Gasteiger partial charge < -0.3 is 0 Å². The zero-order chi connectivity index (χ0) is 9.84. The first kappa shape index (κ1) is 10.0. The van der Waals surface area contributed by atoms with Gasteiger partial charge in [0.2, 0.25) is 0 Å². The van der Waals surface area contributed by atoms with E-state index in [9.17, 15) is 0 Å². The molecular weight excluding hydrogens is 156 g/mol. The maximum absolute atomic E-state index is 2.24. The Kier molecular flexibility index (Phi) is 3.30. The van der Waals surface area contributed by atoms with Crippen LogP contribution in [0.4, 0.5) is 0 Å². The summed E-state index contributed by atoms with van der Waals surface area (Å²) in [6, 6.07) is 4.49. The lowest BCUT2D eigenvalue weighted by molar-refractivity contribution is 1.23. The molecule has 0 nitrogen and oxygen atoms in total.